The number of hydrogen-bond donors (Lipinski definition) is 9. The van der Waals surface area contributed by atoms with Gasteiger partial charge in [-0.25, -0.2) is 0 Å². The first-order valence-electron chi connectivity index (χ1n) is 14.5. The van der Waals surface area contributed by atoms with E-state index in [2.05, 4.69) is 10.6 Å². The molecule has 14 nitrogen and oxygen atoms in total. The fourth-order valence-corrected chi connectivity index (χ4v) is 5.77. The number of nitrogens with one attached hydrogen (secondary N) is 2. The Hall–Kier alpha value is -1.43. The van der Waals surface area contributed by atoms with Crippen molar-refractivity contribution in [3.8, 4) is 0 Å². The molecule has 1 saturated carbocycles. The first kappa shape index (κ1) is 34.1. The molecule has 11 N–H and O–H groups in total. The average molecular weight is 591 g/mol. The minimum atomic E-state index is -1.38. The van der Waals surface area contributed by atoms with Gasteiger partial charge in [0.15, 0.2) is 6.29 Å². The number of aliphatic hydroxyl groups is 5. The Bertz CT molecular complexity index is 864. The number of aliphatic hydroxyl groups excluding tert-OH is 4. The molecule has 2 heterocycles. The molecule has 1 saturated heterocycles. The van der Waals surface area contributed by atoms with Crippen LogP contribution in [0.4, 0.5) is 0 Å². The SMILES string of the molecule is CNC1C(O)C(OC2C(NC(=O)C(O)CCN)CC(C)C(OC3OC(CCCCO)=CCC3N)C2O)OCC1(C)O. The molecule has 238 valence electrons. The highest BCUT2D eigenvalue weighted by Crippen LogP contribution is 2.35. The standard InChI is InChI=1S/C27H50N4O10/c1-14-12-17(31-24(36)18(33)9-10-28)22(41-26-20(35)23(30-3)27(2,37)13-38-26)19(34)21(14)40-25-16(29)8-7-15(39-25)6-4-5-11-32/h7,14,16-23,25-26,30,32-35,37H,4-6,8-13,28-29H2,1-3H3,(H,31,36). The fourth-order valence-electron chi connectivity index (χ4n) is 5.77. The molecule has 0 aromatic rings. The molecule has 12 atom stereocenters. The van der Waals surface area contributed by atoms with Crippen molar-refractivity contribution in [1.29, 1.82) is 0 Å². The molecular weight excluding hydrogens is 540 g/mol. The molecule has 0 aromatic heterocycles. The highest BCUT2D eigenvalue weighted by atomic mass is 16.7. The first-order chi connectivity index (χ1) is 19.4. The summed E-state index contributed by atoms with van der Waals surface area (Å²) in [6, 6.07) is -2.06. The lowest BCUT2D eigenvalue weighted by molar-refractivity contribution is -0.306. The molecule has 41 heavy (non-hydrogen) atoms. The van der Waals surface area contributed by atoms with Crippen molar-refractivity contribution in [2.24, 2.45) is 17.4 Å². The van der Waals surface area contributed by atoms with Crippen LogP contribution in [0.5, 0.6) is 0 Å². The molecule has 0 bridgehead atoms. The van der Waals surface area contributed by atoms with Gasteiger partial charge in [-0.3, -0.25) is 4.79 Å². The Labute approximate surface area is 241 Å². The number of nitrogens with two attached hydrogens (primary N) is 2. The number of ether oxygens (including phenoxy) is 4. The second kappa shape index (κ2) is 15.3. The Morgan fingerprint density at radius 2 is 1.93 bits per heavy atom. The zero-order valence-corrected chi connectivity index (χ0v) is 24.2. The van der Waals surface area contributed by atoms with E-state index in [0.717, 1.165) is 6.42 Å². The van der Waals surface area contributed by atoms with Crippen molar-refractivity contribution in [3.05, 3.63) is 11.8 Å². The predicted octanol–water partition coefficient (Wildman–Crippen LogP) is -2.47. The van der Waals surface area contributed by atoms with Crippen LogP contribution in [0.15, 0.2) is 11.8 Å². The van der Waals surface area contributed by atoms with E-state index in [0.29, 0.717) is 31.4 Å². The largest absolute Gasteiger partial charge is 0.468 e. The summed E-state index contributed by atoms with van der Waals surface area (Å²) in [6.07, 6.45) is -3.22. The summed E-state index contributed by atoms with van der Waals surface area (Å²) in [5.41, 5.74) is 10.4. The fraction of sp³-hybridized carbons (Fsp3) is 0.889. The number of rotatable bonds is 13. The first-order valence-corrected chi connectivity index (χ1v) is 14.5. The number of unbranched alkanes of at least 4 members (excludes halogenated alkanes) is 1. The van der Waals surface area contributed by atoms with E-state index < -0.39 is 72.7 Å². The minimum absolute atomic E-state index is 0.0579. The van der Waals surface area contributed by atoms with Crippen LogP contribution in [-0.4, -0.2) is 125 Å². The van der Waals surface area contributed by atoms with E-state index >= 15 is 0 Å². The molecule has 14 heteroatoms. The van der Waals surface area contributed by atoms with Gasteiger partial charge in [-0.05, 0) is 64.6 Å². The van der Waals surface area contributed by atoms with Gasteiger partial charge in [0.1, 0.15) is 30.0 Å². The zero-order valence-electron chi connectivity index (χ0n) is 24.2. The minimum Gasteiger partial charge on any atom is -0.468 e. The maximum atomic E-state index is 12.7. The van der Waals surface area contributed by atoms with Gasteiger partial charge < -0.3 is 66.6 Å². The van der Waals surface area contributed by atoms with Crippen molar-refractivity contribution < 1.29 is 49.3 Å². The van der Waals surface area contributed by atoms with Gasteiger partial charge in [-0.2, -0.15) is 0 Å². The molecule has 0 radical (unpaired) electrons. The summed E-state index contributed by atoms with van der Waals surface area (Å²) in [5.74, 6) is -0.257. The number of allylic oxidation sites excluding steroid dienone is 1. The Kier molecular flexibility index (Phi) is 12.7. The molecule has 1 aliphatic carbocycles. The van der Waals surface area contributed by atoms with Crippen LogP contribution in [0.1, 0.15) is 52.4 Å². The van der Waals surface area contributed by atoms with Crippen molar-refractivity contribution in [2.45, 2.75) is 119 Å². The second-order valence-corrected chi connectivity index (χ2v) is 11.6. The lowest BCUT2D eigenvalue weighted by atomic mass is 9.79. The summed E-state index contributed by atoms with van der Waals surface area (Å²) >= 11 is 0. The van der Waals surface area contributed by atoms with Crippen LogP contribution >= 0.6 is 0 Å². The predicted molar refractivity (Wildman–Crippen MR) is 147 cm³/mol. The Balaban J connectivity index is 1.79. The van der Waals surface area contributed by atoms with Crippen LogP contribution in [-0.2, 0) is 23.7 Å². The third-order valence-electron chi connectivity index (χ3n) is 8.12. The van der Waals surface area contributed by atoms with Crippen LogP contribution in [0.25, 0.3) is 0 Å². The molecule has 1 amide bonds. The molecule has 2 aliphatic heterocycles. The number of likely N-dealkylation sites (N-methyl/N-ethyl adjacent to an activating group) is 1. The third kappa shape index (κ3) is 8.57. The van der Waals surface area contributed by atoms with Gasteiger partial charge in [0.05, 0.1) is 36.6 Å². The van der Waals surface area contributed by atoms with Crippen molar-refractivity contribution in [2.75, 3.05) is 26.8 Å². The van der Waals surface area contributed by atoms with E-state index in [9.17, 15) is 25.2 Å². The number of carbonyl (C=O) groups is 1. The topological polar surface area (TPSA) is 231 Å². The Morgan fingerprint density at radius 1 is 1.22 bits per heavy atom. The van der Waals surface area contributed by atoms with Crippen LogP contribution < -0.4 is 22.1 Å². The second-order valence-electron chi connectivity index (χ2n) is 11.6. The molecule has 12 unspecified atom stereocenters. The lowest BCUT2D eigenvalue weighted by Gasteiger charge is -2.49. The van der Waals surface area contributed by atoms with Crippen molar-refractivity contribution in [1.82, 2.24) is 10.6 Å². The maximum Gasteiger partial charge on any atom is 0.249 e. The van der Waals surface area contributed by atoms with E-state index in [1.165, 1.54) is 6.92 Å². The Morgan fingerprint density at radius 3 is 2.59 bits per heavy atom. The van der Waals surface area contributed by atoms with Gasteiger partial charge in [0.2, 0.25) is 12.2 Å². The highest BCUT2D eigenvalue weighted by Gasteiger charge is 2.51. The van der Waals surface area contributed by atoms with Crippen molar-refractivity contribution >= 4 is 5.91 Å². The lowest BCUT2D eigenvalue weighted by Crippen LogP contribution is -2.68. The van der Waals surface area contributed by atoms with E-state index in [1.807, 2.05) is 13.0 Å². The quantitative estimate of drug-likeness (QED) is 0.101. The molecule has 0 aromatic carbocycles. The molecule has 3 rings (SSSR count). The van der Waals surface area contributed by atoms with Crippen LogP contribution in [0, 0.1) is 5.92 Å². The van der Waals surface area contributed by atoms with Gasteiger partial charge in [0, 0.05) is 13.0 Å². The zero-order chi connectivity index (χ0) is 30.3. The average Bonchev–Trinajstić information content (AvgIpc) is 2.91. The normalized spacial score (nSPS) is 40.4. The maximum absolute atomic E-state index is 12.7. The summed E-state index contributed by atoms with van der Waals surface area (Å²) in [4.78, 5) is 12.7. The smallest absolute Gasteiger partial charge is 0.249 e. The number of hydrogen-bond acceptors (Lipinski definition) is 13. The summed E-state index contributed by atoms with van der Waals surface area (Å²) in [5, 5.41) is 58.1. The summed E-state index contributed by atoms with van der Waals surface area (Å²) < 4.78 is 24.1. The van der Waals surface area contributed by atoms with Gasteiger partial charge in [0.25, 0.3) is 0 Å². The van der Waals surface area contributed by atoms with Gasteiger partial charge in [-0.1, -0.05) is 6.92 Å². The summed E-state index contributed by atoms with van der Waals surface area (Å²) in [7, 11) is 1.59. The molecule has 0 spiro atoms. The van der Waals surface area contributed by atoms with E-state index in [1.54, 1.807) is 7.05 Å². The third-order valence-corrected chi connectivity index (χ3v) is 8.12. The molecular formula is C27H50N4O10. The highest BCUT2D eigenvalue weighted by molar-refractivity contribution is 5.80. The summed E-state index contributed by atoms with van der Waals surface area (Å²) in [6.45, 7) is 3.43. The van der Waals surface area contributed by atoms with Crippen LogP contribution in [0.2, 0.25) is 0 Å². The van der Waals surface area contributed by atoms with Crippen molar-refractivity contribution in [3.63, 3.8) is 0 Å². The number of amides is 1. The monoisotopic (exact) mass is 590 g/mol. The van der Waals surface area contributed by atoms with Gasteiger partial charge in [-0.15, -0.1) is 0 Å². The van der Waals surface area contributed by atoms with Gasteiger partial charge >= 0.3 is 0 Å². The van der Waals surface area contributed by atoms with E-state index in [-0.39, 0.29) is 32.1 Å². The number of carbonyl (C=O) groups excluding carboxylic acids is 1. The van der Waals surface area contributed by atoms with E-state index in [4.69, 9.17) is 35.5 Å². The van der Waals surface area contributed by atoms with Crippen LogP contribution in [0.3, 0.4) is 0 Å². The molecule has 2 fully saturated rings. The molecule has 3 aliphatic rings.